The third-order valence-electron chi connectivity index (χ3n) is 4.01. The fraction of sp³-hybridized carbons (Fsp3) is 0.438. The van der Waals surface area contributed by atoms with E-state index in [9.17, 15) is 22.8 Å². The van der Waals surface area contributed by atoms with Gasteiger partial charge in [-0.1, -0.05) is 12.1 Å². The molecule has 3 amide bonds. The maximum Gasteiger partial charge on any atom is 0.405 e. The van der Waals surface area contributed by atoms with Crippen LogP contribution in [-0.4, -0.2) is 47.6 Å². The van der Waals surface area contributed by atoms with Crippen LogP contribution in [0.4, 0.5) is 18.0 Å². The molecule has 3 rings (SSSR count). The van der Waals surface area contributed by atoms with Crippen molar-refractivity contribution in [3.8, 4) is 0 Å². The van der Waals surface area contributed by atoms with Crippen LogP contribution in [0.1, 0.15) is 23.9 Å². The number of nitrogens with zero attached hydrogens (tertiary/aromatic N) is 2. The quantitative estimate of drug-likeness (QED) is 0.848. The SMILES string of the molecule is O=C(CN1CCC[C@@H]1c1nc2ccccc2s1)NC(=O)NCC(F)(F)F. The molecule has 0 aliphatic carbocycles. The molecule has 0 saturated carbocycles. The van der Waals surface area contributed by atoms with Gasteiger partial charge in [-0.3, -0.25) is 15.0 Å². The lowest BCUT2D eigenvalue weighted by Gasteiger charge is -2.21. The van der Waals surface area contributed by atoms with Crippen LogP contribution < -0.4 is 10.6 Å². The third-order valence-corrected chi connectivity index (χ3v) is 5.15. The van der Waals surface area contributed by atoms with E-state index in [1.54, 1.807) is 16.7 Å². The maximum atomic E-state index is 12.1. The highest BCUT2D eigenvalue weighted by molar-refractivity contribution is 7.18. The van der Waals surface area contributed by atoms with Crippen LogP contribution in [-0.2, 0) is 4.79 Å². The Balaban J connectivity index is 1.58. The summed E-state index contributed by atoms with van der Waals surface area (Å²) in [6.07, 6.45) is -2.80. The number of carbonyl (C=O) groups is 2. The number of rotatable bonds is 4. The Hall–Kier alpha value is -2.20. The van der Waals surface area contributed by atoms with Gasteiger partial charge in [-0.2, -0.15) is 13.2 Å². The van der Waals surface area contributed by atoms with Gasteiger partial charge >= 0.3 is 12.2 Å². The number of para-hydroxylation sites is 1. The Labute approximate surface area is 151 Å². The summed E-state index contributed by atoms with van der Waals surface area (Å²) in [7, 11) is 0. The molecule has 0 spiro atoms. The molecule has 1 fully saturated rings. The number of imide groups is 1. The molecule has 1 atom stereocenters. The summed E-state index contributed by atoms with van der Waals surface area (Å²) in [4.78, 5) is 29.8. The number of aromatic nitrogens is 1. The first-order chi connectivity index (χ1) is 12.3. The van der Waals surface area contributed by atoms with Gasteiger partial charge in [-0.25, -0.2) is 9.78 Å². The maximum absolute atomic E-state index is 12.1. The average Bonchev–Trinajstić information content (AvgIpc) is 3.18. The summed E-state index contributed by atoms with van der Waals surface area (Å²) in [5, 5.41) is 4.45. The van der Waals surface area contributed by atoms with E-state index in [0.29, 0.717) is 6.54 Å². The second kappa shape index (κ2) is 7.58. The first-order valence-electron chi connectivity index (χ1n) is 8.06. The number of halogens is 3. The molecule has 140 valence electrons. The Kier molecular flexibility index (Phi) is 5.42. The molecule has 2 N–H and O–H groups in total. The number of benzene rings is 1. The Bertz CT molecular complexity index is 775. The number of urea groups is 1. The molecule has 6 nitrogen and oxygen atoms in total. The van der Waals surface area contributed by atoms with Crippen molar-refractivity contribution in [2.75, 3.05) is 19.6 Å². The number of alkyl halides is 3. The molecule has 0 bridgehead atoms. The molecular weight excluding hydrogens is 369 g/mol. The van der Waals surface area contributed by atoms with E-state index in [2.05, 4.69) is 4.98 Å². The van der Waals surface area contributed by atoms with Crippen LogP contribution in [0.3, 0.4) is 0 Å². The number of thiazole rings is 1. The molecule has 0 radical (unpaired) electrons. The van der Waals surface area contributed by atoms with Crippen LogP contribution in [0.2, 0.25) is 0 Å². The molecule has 1 aromatic heterocycles. The number of hydrogen-bond donors (Lipinski definition) is 2. The van der Waals surface area contributed by atoms with Gasteiger partial charge in [0.15, 0.2) is 0 Å². The lowest BCUT2D eigenvalue weighted by molar-refractivity contribution is -0.125. The van der Waals surface area contributed by atoms with Gasteiger partial charge in [0.1, 0.15) is 11.6 Å². The smallest absolute Gasteiger partial charge is 0.329 e. The van der Waals surface area contributed by atoms with Gasteiger partial charge in [-0.15, -0.1) is 11.3 Å². The van der Waals surface area contributed by atoms with Crippen LogP contribution >= 0.6 is 11.3 Å². The average molecular weight is 386 g/mol. The predicted octanol–water partition coefficient (Wildman–Crippen LogP) is 2.82. The van der Waals surface area contributed by atoms with Gasteiger partial charge in [-0.05, 0) is 31.5 Å². The highest BCUT2D eigenvalue weighted by atomic mass is 32.1. The summed E-state index contributed by atoms with van der Waals surface area (Å²) in [6, 6.07) is 6.56. The van der Waals surface area contributed by atoms with Crippen molar-refractivity contribution in [1.82, 2.24) is 20.5 Å². The summed E-state index contributed by atoms with van der Waals surface area (Å²) in [5.41, 5.74) is 0.898. The van der Waals surface area contributed by atoms with Crippen molar-refractivity contribution in [2.24, 2.45) is 0 Å². The second-order valence-electron chi connectivity index (χ2n) is 5.99. The second-order valence-corrected chi connectivity index (χ2v) is 7.06. The molecule has 0 unspecified atom stereocenters. The molecule has 1 aliphatic rings. The number of likely N-dealkylation sites (tertiary alicyclic amines) is 1. The van der Waals surface area contributed by atoms with E-state index >= 15 is 0 Å². The zero-order valence-corrected chi connectivity index (χ0v) is 14.5. The highest BCUT2D eigenvalue weighted by Crippen LogP contribution is 2.36. The number of carbonyl (C=O) groups excluding carboxylic acids is 2. The van der Waals surface area contributed by atoms with Gasteiger partial charge in [0.05, 0.1) is 22.8 Å². The van der Waals surface area contributed by atoms with E-state index in [4.69, 9.17) is 0 Å². The van der Waals surface area contributed by atoms with Gasteiger partial charge in [0, 0.05) is 0 Å². The first kappa shape index (κ1) is 18.6. The molecule has 1 aromatic carbocycles. The van der Waals surface area contributed by atoms with E-state index in [0.717, 1.165) is 28.1 Å². The Morgan fingerprint density at radius 3 is 2.81 bits per heavy atom. The molecule has 10 heteroatoms. The molecule has 1 aliphatic heterocycles. The summed E-state index contributed by atoms with van der Waals surface area (Å²) < 4.78 is 37.3. The highest BCUT2D eigenvalue weighted by Gasteiger charge is 2.31. The number of nitrogens with one attached hydrogen (secondary N) is 2. The molecule has 26 heavy (non-hydrogen) atoms. The van der Waals surface area contributed by atoms with Crippen molar-refractivity contribution >= 4 is 33.5 Å². The minimum Gasteiger partial charge on any atom is -0.329 e. The minimum absolute atomic E-state index is 0.0311. The van der Waals surface area contributed by atoms with Crippen molar-refractivity contribution in [2.45, 2.75) is 25.1 Å². The predicted molar refractivity (Wildman–Crippen MR) is 90.8 cm³/mol. The topological polar surface area (TPSA) is 74.3 Å². The van der Waals surface area contributed by atoms with E-state index in [1.807, 2.05) is 34.5 Å². The van der Waals surface area contributed by atoms with Crippen LogP contribution in [0.15, 0.2) is 24.3 Å². The van der Waals surface area contributed by atoms with Gasteiger partial charge in [0.25, 0.3) is 0 Å². The summed E-state index contributed by atoms with van der Waals surface area (Å²) >= 11 is 1.56. The Morgan fingerprint density at radius 1 is 1.31 bits per heavy atom. The van der Waals surface area contributed by atoms with Crippen molar-refractivity contribution in [3.05, 3.63) is 29.3 Å². The van der Waals surface area contributed by atoms with Crippen molar-refractivity contribution in [1.29, 1.82) is 0 Å². The standard InChI is InChI=1S/C16H17F3N4O2S/c17-16(18,19)9-20-15(25)22-13(24)8-23-7-3-5-11(23)14-21-10-4-1-2-6-12(10)26-14/h1-2,4,6,11H,3,5,7-9H2,(H2,20,22,24,25)/t11-/m1/s1. The first-order valence-corrected chi connectivity index (χ1v) is 8.87. The lowest BCUT2D eigenvalue weighted by Crippen LogP contribution is -2.46. The van der Waals surface area contributed by atoms with Crippen LogP contribution in [0.25, 0.3) is 10.2 Å². The monoisotopic (exact) mass is 386 g/mol. The number of amides is 3. The van der Waals surface area contributed by atoms with E-state index in [-0.39, 0.29) is 12.6 Å². The zero-order valence-electron chi connectivity index (χ0n) is 13.7. The molecule has 1 saturated heterocycles. The van der Waals surface area contributed by atoms with E-state index in [1.165, 1.54) is 0 Å². The number of fused-ring (bicyclic) bond motifs is 1. The lowest BCUT2D eigenvalue weighted by atomic mass is 10.2. The minimum atomic E-state index is -4.52. The fourth-order valence-corrected chi connectivity index (χ4v) is 4.04. The van der Waals surface area contributed by atoms with Crippen molar-refractivity contribution < 1.29 is 22.8 Å². The zero-order chi connectivity index (χ0) is 18.7. The summed E-state index contributed by atoms with van der Waals surface area (Å²) in [5.74, 6) is -0.641. The van der Waals surface area contributed by atoms with Gasteiger partial charge < -0.3 is 5.32 Å². The van der Waals surface area contributed by atoms with Crippen LogP contribution in [0, 0.1) is 0 Å². The molecular formula is C16H17F3N4O2S. The van der Waals surface area contributed by atoms with Crippen LogP contribution in [0.5, 0.6) is 0 Å². The third kappa shape index (κ3) is 4.70. The summed E-state index contributed by atoms with van der Waals surface area (Å²) in [6.45, 7) is -0.887. The largest absolute Gasteiger partial charge is 0.405 e. The molecule has 2 heterocycles. The normalized spacial score (nSPS) is 18.2. The number of hydrogen-bond acceptors (Lipinski definition) is 5. The van der Waals surface area contributed by atoms with Crippen molar-refractivity contribution in [3.63, 3.8) is 0 Å². The van der Waals surface area contributed by atoms with E-state index < -0.39 is 24.7 Å². The fourth-order valence-electron chi connectivity index (χ4n) is 2.90. The molecule has 2 aromatic rings. The Morgan fingerprint density at radius 2 is 2.08 bits per heavy atom. The van der Waals surface area contributed by atoms with Gasteiger partial charge in [0.2, 0.25) is 5.91 Å².